The third-order valence-electron chi connectivity index (χ3n) is 2.98. The molecule has 0 aliphatic carbocycles. The molecular weight excluding hydrogens is 274 g/mol. The molecule has 5 heteroatoms. The van der Waals surface area contributed by atoms with Gasteiger partial charge in [0.15, 0.2) is 5.13 Å². The van der Waals surface area contributed by atoms with Crippen LogP contribution in [0.3, 0.4) is 0 Å². The number of anilines is 1. The molecule has 0 amide bonds. The number of hydrogen-bond donors (Lipinski definition) is 0. The Morgan fingerprint density at radius 1 is 1.60 bits per heavy atom. The van der Waals surface area contributed by atoms with Gasteiger partial charge in [0.05, 0.1) is 0 Å². The second-order valence-electron chi connectivity index (χ2n) is 3.94. The van der Waals surface area contributed by atoms with Crippen LogP contribution in [0.2, 0.25) is 0 Å². The predicted molar refractivity (Wildman–Crippen MR) is 68.7 cm³/mol. The van der Waals surface area contributed by atoms with Crippen molar-refractivity contribution in [2.45, 2.75) is 19.4 Å². The summed E-state index contributed by atoms with van der Waals surface area (Å²) in [4.78, 5) is 9.31. The zero-order chi connectivity index (χ0) is 10.8. The van der Waals surface area contributed by atoms with Crippen LogP contribution in [0.15, 0.2) is 9.98 Å². The second kappa shape index (κ2) is 4.80. The molecule has 0 radical (unpaired) electrons. The number of piperazine rings is 1. The molecule has 1 aliphatic rings. The van der Waals surface area contributed by atoms with Crippen molar-refractivity contribution in [3.05, 3.63) is 9.98 Å². The fourth-order valence-electron chi connectivity index (χ4n) is 1.95. The van der Waals surface area contributed by atoms with Crippen molar-refractivity contribution in [1.29, 1.82) is 0 Å². The summed E-state index contributed by atoms with van der Waals surface area (Å²) in [6.45, 7) is 5.58. The predicted octanol–water partition coefficient (Wildman–Crippen LogP) is 2.44. The maximum absolute atomic E-state index is 4.47. The van der Waals surface area contributed by atoms with E-state index >= 15 is 0 Å². The monoisotopic (exact) mass is 289 g/mol. The SMILES string of the molecule is CCC1CN(c2nc(Br)cs2)CCN1C. The molecule has 84 valence electrons. The number of halogens is 1. The largest absolute Gasteiger partial charge is 0.345 e. The molecule has 1 atom stereocenters. The first-order chi connectivity index (χ1) is 7.20. The van der Waals surface area contributed by atoms with E-state index in [-0.39, 0.29) is 0 Å². The molecule has 0 bridgehead atoms. The highest BCUT2D eigenvalue weighted by atomic mass is 79.9. The number of nitrogens with zero attached hydrogens (tertiary/aromatic N) is 3. The number of likely N-dealkylation sites (N-methyl/N-ethyl adjacent to an activating group) is 1. The molecule has 0 aromatic carbocycles. The van der Waals surface area contributed by atoms with Crippen molar-refractivity contribution < 1.29 is 0 Å². The summed E-state index contributed by atoms with van der Waals surface area (Å²) in [5.41, 5.74) is 0. The van der Waals surface area contributed by atoms with E-state index in [0.717, 1.165) is 29.4 Å². The third-order valence-corrected chi connectivity index (χ3v) is 4.59. The van der Waals surface area contributed by atoms with Gasteiger partial charge in [-0.25, -0.2) is 4.98 Å². The van der Waals surface area contributed by atoms with Gasteiger partial charge in [-0.05, 0) is 29.4 Å². The maximum atomic E-state index is 4.47. The highest BCUT2D eigenvalue weighted by molar-refractivity contribution is 9.10. The van der Waals surface area contributed by atoms with Crippen LogP contribution < -0.4 is 4.90 Å². The number of rotatable bonds is 2. The third kappa shape index (κ3) is 2.52. The summed E-state index contributed by atoms with van der Waals surface area (Å²) >= 11 is 5.12. The van der Waals surface area contributed by atoms with Crippen LogP contribution in [0.5, 0.6) is 0 Å². The van der Waals surface area contributed by atoms with Crippen LogP contribution in [0, 0.1) is 0 Å². The summed E-state index contributed by atoms with van der Waals surface area (Å²) in [7, 11) is 2.21. The highest BCUT2D eigenvalue weighted by Crippen LogP contribution is 2.25. The van der Waals surface area contributed by atoms with Gasteiger partial charge in [-0.3, -0.25) is 4.90 Å². The summed E-state index contributed by atoms with van der Waals surface area (Å²) in [6.07, 6.45) is 1.21. The Bertz CT molecular complexity index is 328. The van der Waals surface area contributed by atoms with E-state index in [9.17, 15) is 0 Å². The molecule has 2 heterocycles. The van der Waals surface area contributed by atoms with E-state index in [1.165, 1.54) is 6.42 Å². The highest BCUT2D eigenvalue weighted by Gasteiger charge is 2.24. The second-order valence-corrected chi connectivity index (χ2v) is 5.59. The van der Waals surface area contributed by atoms with E-state index in [1.807, 2.05) is 0 Å². The van der Waals surface area contributed by atoms with Crippen molar-refractivity contribution in [3.8, 4) is 0 Å². The fraction of sp³-hybridized carbons (Fsp3) is 0.700. The summed E-state index contributed by atoms with van der Waals surface area (Å²) in [5.74, 6) is 0. The summed E-state index contributed by atoms with van der Waals surface area (Å²) in [5, 5.41) is 3.20. The van der Waals surface area contributed by atoms with Gasteiger partial charge in [-0.15, -0.1) is 11.3 Å². The Kier molecular flexibility index (Phi) is 3.64. The zero-order valence-corrected chi connectivity index (χ0v) is 11.5. The lowest BCUT2D eigenvalue weighted by Gasteiger charge is -2.38. The molecule has 0 N–H and O–H groups in total. The minimum atomic E-state index is 0.668. The van der Waals surface area contributed by atoms with Gasteiger partial charge in [-0.2, -0.15) is 0 Å². The Labute approximate surface area is 103 Å². The lowest BCUT2D eigenvalue weighted by molar-refractivity contribution is 0.213. The molecule has 2 rings (SSSR count). The minimum absolute atomic E-state index is 0.668. The molecular formula is C10H16BrN3S. The first-order valence-electron chi connectivity index (χ1n) is 5.27. The van der Waals surface area contributed by atoms with E-state index in [1.54, 1.807) is 11.3 Å². The van der Waals surface area contributed by atoms with Gasteiger partial charge >= 0.3 is 0 Å². The average molecular weight is 290 g/mol. The molecule has 1 aliphatic heterocycles. The Morgan fingerprint density at radius 3 is 3.00 bits per heavy atom. The number of hydrogen-bond acceptors (Lipinski definition) is 4. The van der Waals surface area contributed by atoms with E-state index in [4.69, 9.17) is 0 Å². The van der Waals surface area contributed by atoms with Crippen molar-refractivity contribution in [1.82, 2.24) is 9.88 Å². The van der Waals surface area contributed by atoms with Crippen LogP contribution in [0.1, 0.15) is 13.3 Å². The molecule has 3 nitrogen and oxygen atoms in total. The number of thiazole rings is 1. The smallest absolute Gasteiger partial charge is 0.186 e. The van der Waals surface area contributed by atoms with E-state index in [0.29, 0.717) is 6.04 Å². The summed E-state index contributed by atoms with van der Waals surface area (Å²) in [6, 6.07) is 0.668. The Balaban J connectivity index is 2.06. The fourth-order valence-corrected chi connectivity index (χ4v) is 3.24. The van der Waals surface area contributed by atoms with Crippen LogP contribution in [-0.2, 0) is 0 Å². The van der Waals surface area contributed by atoms with Gasteiger partial charge in [0.1, 0.15) is 4.60 Å². The quantitative estimate of drug-likeness (QED) is 0.834. The van der Waals surface area contributed by atoms with Gasteiger partial charge < -0.3 is 4.90 Å². The van der Waals surface area contributed by atoms with Crippen molar-refractivity contribution >= 4 is 32.4 Å². The van der Waals surface area contributed by atoms with E-state index in [2.05, 4.69) is 50.1 Å². The van der Waals surface area contributed by atoms with Crippen molar-refractivity contribution in [2.75, 3.05) is 31.6 Å². The molecule has 0 saturated carbocycles. The topological polar surface area (TPSA) is 19.4 Å². The average Bonchev–Trinajstić information content (AvgIpc) is 2.66. The zero-order valence-electron chi connectivity index (χ0n) is 9.11. The van der Waals surface area contributed by atoms with Gasteiger partial charge in [-0.1, -0.05) is 6.92 Å². The molecule has 15 heavy (non-hydrogen) atoms. The number of aromatic nitrogens is 1. The first kappa shape index (κ1) is 11.4. The minimum Gasteiger partial charge on any atom is -0.345 e. The van der Waals surface area contributed by atoms with Crippen LogP contribution >= 0.6 is 27.3 Å². The van der Waals surface area contributed by atoms with Gasteiger partial charge in [0, 0.05) is 31.1 Å². The first-order valence-corrected chi connectivity index (χ1v) is 6.94. The lowest BCUT2D eigenvalue weighted by Crippen LogP contribution is -2.51. The van der Waals surface area contributed by atoms with Crippen LogP contribution in [0.4, 0.5) is 5.13 Å². The van der Waals surface area contributed by atoms with E-state index < -0.39 is 0 Å². The van der Waals surface area contributed by atoms with Crippen molar-refractivity contribution in [3.63, 3.8) is 0 Å². The van der Waals surface area contributed by atoms with Crippen molar-refractivity contribution in [2.24, 2.45) is 0 Å². The van der Waals surface area contributed by atoms with Crippen LogP contribution in [-0.4, -0.2) is 42.6 Å². The lowest BCUT2D eigenvalue weighted by atomic mass is 10.1. The normalized spacial score (nSPS) is 23.4. The molecule has 1 aromatic heterocycles. The van der Waals surface area contributed by atoms with Gasteiger partial charge in [0.25, 0.3) is 0 Å². The molecule has 1 fully saturated rings. The molecule has 1 saturated heterocycles. The standard InChI is InChI=1S/C10H16BrN3S/c1-3-8-6-14(5-4-13(8)2)10-12-9(11)7-15-10/h7-8H,3-6H2,1-2H3. The van der Waals surface area contributed by atoms with Gasteiger partial charge in [0.2, 0.25) is 0 Å². The molecule has 1 aromatic rings. The molecule has 0 spiro atoms. The Hall–Kier alpha value is -0.130. The summed E-state index contributed by atoms with van der Waals surface area (Å²) < 4.78 is 0.953. The molecule has 1 unspecified atom stereocenters. The van der Waals surface area contributed by atoms with Crippen LogP contribution in [0.25, 0.3) is 0 Å². The maximum Gasteiger partial charge on any atom is 0.186 e. The Morgan fingerprint density at radius 2 is 2.40 bits per heavy atom.